The van der Waals surface area contributed by atoms with Crippen molar-refractivity contribution in [3.8, 4) is 5.75 Å². The summed E-state index contributed by atoms with van der Waals surface area (Å²) in [6.45, 7) is 3.03. The molecule has 2 N–H and O–H groups in total. The topological polar surface area (TPSA) is 33.3 Å². The van der Waals surface area contributed by atoms with Crippen molar-refractivity contribution in [2.45, 2.75) is 12.5 Å². The van der Waals surface area contributed by atoms with Gasteiger partial charge in [-0.3, -0.25) is 0 Å². The molecule has 0 aromatic heterocycles. The molecule has 2 aromatic rings. The number of methoxy groups -OCH3 is 1. The van der Waals surface area contributed by atoms with Crippen molar-refractivity contribution >= 4 is 11.4 Å². The minimum Gasteiger partial charge on any atom is -0.495 e. The molecule has 0 radical (unpaired) electrons. The van der Waals surface area contributed by atoms with Crippen LogP contribution in [0.15, 0.2) is 48.5 Å². The Hall–Kier alpha value is -2.16. The molecular weight excluding hydrogens is 236 g/mol. The van der Waals surface area contributed by atoms with Crippen LogP contribution in [0.25, 0.3) is 0 Å². The van der Waals surface area contributed by atoms with Crippen LogP contribution in [-0.2, 0) is 5.54 Å². The van der Waals surface area contributed by atoms with Crippen molar-refractivity contribution in [2.24, 2.45) is 0 Å². The van der Waals surface area contributed by atoms with Gasteiger partial charge >= 0.3 is 0 Å². The quantitative estimate of drug-likeness (QED) is 0.861. The van der Waals surface area contributed by atoms with Crippen molar-refractivity contribution in [1.82, 2.24) is 0 Å². The zero-order chi connectivity index (χ0) is 13.3. The second-order valence-electron chi connectivity index (χ2n) is 5.06. The summed E-state index contributed by atoms with van der Waals surface area (Å²) < 4.78 is 5.38. The lowest BCUT2D eigenvalue weighted by Crippen LogP contribution is -2.42. The van der Waals surface area contributed by atoms with E-state index in [4.69, 9.17) is 4.74 Å². The summed E-state index contributed by atoms with van der Waals surface area (Å²) in [5.74, 6) is 0.875. The van der Waals surface area contributed by atoms with Gasteiger partial charge in [-0.05, 0) is 24.6 Å². The Morgan fingerprint density at radius 2 is 1.84 bits per heavy atom. The zero-order valence-corrected chi connectivity index (χ0v) is 11.2. The molecule has 3 heteroatoms. The fraction of sp³-hybridized carbons (Fsp3) is 0.250. The van der Waals surface area contributed by atoms with E-state index in [9.17, 15) is 0 Å². The largest absolute Gasteiger partial charge is 0.495 e. The standard InChI is InChI=1S/C16H18N2O/c1-16(12-7-4-3-5-8-12)11-17-15-13(18-16)9-6-10-14(15)19-2/h3-10,17-18H,11H2,1-2H3. The summed E-state index contributed by atoms with van der Waals surface area (Å²) in [5, 5.41) is 7.11. The summed E-state index contributed by atoms with van der Waals surface area (Å²) in [4.78, 5) is 0. The van der Waals surface area contributed by atoms with Gasteiger partial charge < -0.3 is 15.4 Å². The highest BCUT2D eigenvalue weighted by Crippen LogP contribution is 2.40. The van der Waals surface area contributed by atoms with E-state index in [1.807, 2.05) is 18.2 Å². The molecule has 1 heterocycles. The van der Waals surface area contributed by atoms with Gasteiger partial charge in [0.25, 0.3) is 0 Å². The van der Waals surface area contributed by atoms with Crippen LogP contribution in [0.3, 0.4) is 0 Å². The van der Waals surface area contributed by atoms with E-state index in [-0.39, 0.29) is 5.54 Å². The predicted octanol–water partition coefficient (Wildman–Crippen LogP) is 3.45. The van der Waals surface area contributed by atoms with Crippen LogP contribution in [-0.4, -0.2) is 13.7 Å². The van der Waals surface area contributed by atoms with Gasteiger partial charge in [0.2, 0.25) is 0 Å². The van der Waals surface area contributed by atoms with Crippen LogP contribution in [0.4, 0.5) is 11.4 Å². The van der Waals surface area contributed by atoms with Gasteiger partial charge in [0.05, 0.1) is 18.3 Å². The van der Waals surface area contributed by atoms with Crippen LogP contribution in [0.2, 0.25) is 0 Å². The van der Waals surface area contributed by atoms with Crippen LogP contribution in [0.5, 0.6) is 5.75 Å². The summed E-state index contributed by atoms with van der Waals surface area (Å²) >= 11 is 0. The third kappa shape index (κ3) is 2.01. The first-order valence-electron chi connectivity index (χ1n) is 6.47. The zero-order valence-electron chi connectivity index (χ0n) is 11.2. The summed E-state index contributed by atoms with van der Waals surface area (Å²) in [6.07, 6.45) is 0. The summed E-state index contributed by atoms with van der Waals surface area (Å²) in [6, 6.07) is 16.5. The van der Waals surface area contributed by atoms with Crippen LogP contribution >= 0.6 is 0 Å². The molecule has 0 spiro atoms. The molecular formula is C16H18N2O. The van der Waals surface area contributed by atoms with Crippen molar-refractivity contribution in [2.75, 3.05) is 24.3 Å². The molecule has 1 aliphatic heterocycles. The average molecular weight is 254 g/mol. The highest BCUT2D eigenvalue weighted by Gasteiger charge is 2.31. The van der Waals surface area contributed by atoms with Gasteiger partial charge in [-0.25, -0.2) is 0 Å². The maximum Gasteiger partial charge on any atom is 0.144 e. The number of fused-ring (bicyclic) bond motifs is 1. The van der Waals surface area contributed by atoms with Crippen molar-refractivity contribution in [1.29, 1.82) is 0 Å². The normalized spacial score (nSPS) is 20.9. The molecule has 3 rings (SSSR count). The predicted molar refractivity (Wildman–Crippen MR) is 78.9 cm³/mol. The Morgan fingerprint density at radius 3 is 2.58 bits per heavy atom. The number of hydrogen-bond acceptors (Lipinski definition) is 3. The Bertz CT molecular complexity index is 583. The maximum absolute atomic E-state index is 5.38. The lowest BCUT2D eigenvalue weighted by atomic mass is 9.89. The number of rotatable bonds is 2. The van der Waals surface area contributed by atoms with E-state index >= 15 is 0 Å². The van der Waals surface area contributed by atoms with E-state index in [1.165, 1.54) is 5.56 Å². The van der Waals surface area contributed by atoms with Crippen LogP contribution < -0.4 is 15.4 Å². The third-order valence-electron chi connectivity index (χ3n) is 3.69. The number of benzene rings is 2. The Balaban J connectivity index is 1.98. The van der Waals surface area contributed by atoms with E-state index in [0.717, 1.165) is 23.7 Å². The second-order valence-corrected chi connectivity index (χ2v) is 5.06. The van der Waals surface area contributed by atoms with Crippen molar-refractivity contribution in [3.63, 3.8) is 0 Å². The fourth-order valence-electron chi connectivity index (χ4n) is 2.57. The molecule has 19 heavy (non-hydrogen) atoms. The number of para-hydroxylation sites is 1. The highest BCUT2D eigenvalue weighted by molar-refractivity contribution is 5.78. The van der Waals surface area contributed by atoms with E-state index in [0.29, 0.717) is 0 Å². The Morgan fingerprint density at radius 1 is 1.05 bits per heavy atom. The van der Waals surface area contributed by atoms with E-state index in [1.54, 1.807) is 7.11 Å². The molecule has 0 amide bonds. The molecule has 1 aliphatic rings. The molecule has 1 atom stereocenters. The minimum absolute atomic E-state index is 0.110. The number of ether oxygens (including phenoxy) is 1. The minimum atomic E-state index is -0.110. The van der Waals surface area contributed by atoms with Crippen molar-refractivity contribution in [3.05, 3.63) is 54.1 Å². The molecule has 3 nitrogen and oxygen atoms in total. The summed E-state index contributed by atoms with van der Waals surface area (Å²) in [5.41, 5.74) is 3.28. The highest BCUT2D eigenvalue weighted by atomic mass is 16.5. The fourth-order valence-corrected chi connectivity index (χ4v) is 2.57. The Kier molecular flexibility index (Phi) is 2.82. The molecule has 0 saturated carbocycles. The van der Waals surface area contributed by atoms with E-state index in [2.05, 4.69) is 47.9 Å². The molecule has 0 bridgehead atoms. The van der Waals surface area contributed by atoms with Crippen LogP contribution in [0, 0.1) is 0 Å². The molecule has 0 saturated heterocycles. The number of anilines is 2. The molecule has 0 aliphatic carbocycles. The molecule has 98 valence electrons. The van der Waals surface area contributed by atoms with Gasteiger partial charge in [0.1, 0.15) is 11.4 Å². The monoisotopic (exact) mass is 254 g/mol. The molecule has 0 fully saturated rings. The van der Waals surface area contributed by atoms with E-state index < -0.39 is 0 Å². The Labute approximate surface area is 113 Å². The third-order valence-corrected chi connectivity index (χ3v) is 3.69. The number of hydrogen-bond donors (Lipinski definition) is 2. The van der Waals surface area contributed by atoms with Gasteiger partial charge in [-0.15, -0.1) is 0 Å². The maximum atomic E-state index is 5.38. The first kappa shape index (κ1) is 11.9. The first-order chi connectivity index (χ1) is 9.23. The molecule has 1 unspecified atom stereocenters. The SMILES string of the molecule is COc1cccc2c1NCC(C)(c1ccccc1)N2. The van der Waals surface area contributed by atoms with Gasteiger partial charge in [0.15, 0.2) is 0 Å². The van der Waals surface area contributed by atoms with Gasteiger partial charge in [-0.1, -0.05) is 36.4 Å². The van der Waals surface area contributed by atoms with Crippen molar-refractivity contribution < 1.29 is 4.74 Å². The van der Waals surface area contributed by atoms with Gasteiger partial charge in [0, 0.05) is 6.54 Å². The second kappa shape index (κ2) is 4.50. The van der Waals surface area contributed by atoms with Crippen LogP contribution in [0.1, 0.15) is 12.5 Å². The summed E-state index contributed by atoms with van der Waals surface area (Å²) in [7, 11) is 1.70. The smallest absolute Gasteiger partial charge is 0.144 e. The van der Waals surface area contributed by atoms with Gasteiger partial charge in [-0.2, -0.15) is 0 Å². The lowest BCUT2D eigenvalue weighted by molar-refractivity contribution is 0.415. The average Bonchev–Trinajstić information content (AvgIpc) is 2.47. The molecule has 2 aromatic carbocycles. The first-order valence-corrected chi connectivity index (χ1v) is 6.47. The lowest BCUT2D eigenvalue weighted by Gasteiger charge is -2.38. The number of nitrogens with one attached hydrogen (secondary N) is 2.